The molecule has 0 bridgehead atoms. The molecule has 0 atom stereocenters. The Morgan fingerprint density at radius 1 is 1.40 bits per heavy atom. The average molecular weight is 201 g/mol. The lowest BCUT2D eigenvalue weighted by atomic mass is 9.86. The first-order valence-corrected chi connectivity index (χ1v) is 5.42. The van der Waals surface area contributed by atoms with Crippen molar-refractivity contribution in [1.29, 1.82) is 5.26 Å². The Labute approximate surface area is 90.5 Å². The van der Waals surface area contributed by atoms with Gasteiger partial charge < -0.3 is 4.74 Å². The minimum Gasteiger partial charge on any atom is -0.493 e. The minimum absolute atomic E-state index is 0.679. The summed E-state index contributed by atoms with van der Waals surface area (Å²) in [6, 6.07) is 7.81. The highest BCUT2D eigenvalue weighted by Gasteiger charge is 2.17. The fourth-order valence-corrected chi connectivity index (χ4v) is 1.77. The predicted octanol–water partition coefficient (Wildman–Crippen LogP) is 3.05. The molecule has 2 heteroatoms. The van der Waals surface area contributed by atoms with E-state index >= 15 is 0 Å². The maximum atomic E-state index is 8.82. The second-order valence-corrected chi connectivity index (χ2v) is 4.25. The highest BCUT2D eigenvalue weighted by Crippen LogP contribution is 2.27. The van der Waals surface area contributed by atoms with Gasteiger partial charge in [-0.1, -0.05) is 6.42 Å². The van der Waals surface area contributed by atoms with E-state index in [1.165, 1.54) is 19.3 Å². The van der Waals surface area contributed by atoms with Gasteiger partial charge in [0.1, 0.15) is 5.75 Å². The number of hydrogen-bond donors (Lipinski definition) is 0. The van der Waals surface area contributed by atoms with Crippen LogP contribution in [0.1, 0.15) is 30.4 Å². The molecule has 1 aromatic rings. The van der Waals surface area contributed by atoms with Crippen LogP contribution in [-0.4, -0.2) is 6.61 Å². The van der Waals surface area contributed by atoms with Crippen molar-refractivity contribution in [2.45, 2.75) is 26.2 Å². The minimum atomic E-state index is 0.679. The fourth-order valence-electron chi connectivity index (χ4n) is 1.77. The van der Waals surface area contributed by atoms with E-state index in [1.54, 1.807) is 0 Å². The van der Waals surface area contributed by atoms with Gasteiger partial charge in [0.15, 0.2) is 0 Å². The summed E-state index contributed by atoms with van der Waals surface area (Å²) in [5.41, 5.74) is 1.76. The molecular formula is C13H15NO. The monoisotopic (exact) mass is 201 g/mol. The number of nitrogens with zero attached hydrogens (tertiary/aromatic N) is 1. The Hall–Kier alpha value is -1.49. The maximum Gasteiger partial charge on any atom is 0.120 e. The third-order valence-electron chi connectivity index (χ3n) is 2.89. The number of rotatable bonds is 3. The van der Waals surface area contributed by atoms with Crippen LogP contribution in [0, 0.1) is 24.2 Å². The van der Waals surface area contributed by atoms with E-state index in [4.69, 9.17) is 10.00 Å². The summed E-state index contributed by atoms with van der Waals surface area (Å²) in [4.78, 5) is 0. The number of hydrogen-bond acceptors (Lipinski definition) is 2. The molecule has 1 fully saturated rings. The van der Waals surface area contributed by atoms with Gasteiger partial charge in [-0.25, -0.2) is 0 Å². The predicted molar refractivity (Wildman–Crippen MR) is 58.7 cm³/mol. The van der Waals surface area contributed by atoms with E-state index in [2.05, 4.69) is 6.07 Å². The molecule has 0 aromatic heterocycles. The Bertz CT molecular complexity index is 388. The molecule has 1 saturated carbocycles. The molecule has 1 aromatic carbocycles. The summed E-state index contributed by atoms with van der Waals surface area (Å²) in [7, 11) is 0. The van der Waals surface area contributed by atoms with Crippen molar-refractivity contribution in [1.82, 2.24) is 0 Å². The molecule has 78 valence electrons. The molecule has 0 unspecified atom stereocenters. The number of ether oxygens (including phenoxy) is 1. The van der Waals surface area contributed by atoms with Crippen molar-refractivity contribution in [2.24, 2.45) is 5.92 Å². The second-order valence-electron chi connectivity index (χ2n) is 4.25. The quantitative estimate of drug-likeness (QED) is 0.753. The van der Waals surface area contributed by atoms with Crippen molar-refractivity contribution >= 4 is 0 Å². The molecule has 1 aliphatic carbocycles. The van der Waals surface area contributed by atoms with Crippen LogP contribution < -0.4 is 4.74 Å². The molecule has 0 heterocycles. The van der Waals surface area contributed by atoms with Crippen LogP contribution in [0.3, 0.4) is 0 Å². The van der Waals surface area contributed by atoms with Gasteiger partial charge in [-0.15, -0.1) is 0 Å². The van der Waals surface area contributed by atoms with Crippen LogP contribution >= 0.6 is 0 Å². The lowest BCUT2D eigenvalue weighted by Crippen LogP contribution is -2.19. The highest BCUT2D eigenvalue weighted by molar-refractivity contribution is 5.40. The van der Waals surface area contributed by atoms with Crippen molar-refractivity contribution in [3.63, 3.8) is 0 Å². The summed E-state index contributed by atoms with van der Waals surface area (Å²) in [6.07, 6.45) is 3.92. The fraction of sp³-hybridized carbons (Fsp3) is 0.462. The number of nitriles is 1. The summed E-state index contributed by atoms with van der Waals surface area (Å²) in [6.45, 7) is 2.78. The van der Waals surface area contributed by atoms with Crippen LogP contribution in [0.5, 0.6) is 5.75 Å². The average Bonchev–Trinajstić information content (AvgIpc) is 2.14. The van der Waals surface area contributed by atoms with Crippen molar-refractivity contribution in [3.8, 4) is 11.8 Å². The third-order valence-corrected chi connectivity index (χ3v) is 2.89. The van der Waals surface area contributed by atoms with E-state index < -0.39 is 0 Å². The molecule has 2 rings (SSSR count). The lowest BCUT2D eigenvalue weighted by molar-refractivity contribution is 0.180. The largest absolute Gasteiger partial charge is 0.493 e. The smallest absolute Gasteiger partial charge is 0.120 e. The van der Waals surface area contributed by atoms with E-state index in [9.17, 15) is 0 Å². The molecule has 2 nitrogen and oxygen atoms in total. The zero-order chi connectivity index (χ0) is 10.7. The molecule has 0 aliphatic heterocycles. The Morgan fingerprint density at radius 3 is 2.80 bits per heavy atom. The Morgan fingerprint density at radius 2 is 2.20 bits per heavy atom. The van der Waals surface area contributed by atoms with Crippen molar-refractivity contribution < 1.29 is 4.74 Å². The van der Waals surface area contributed by atoms with Gasteiger partial charge in [0.05, 0.1) is 18.2 Å². The van der Waals surface area contributed by atoms with E-state index in [1.807, 2.05) is 25.1 Å². The van der Waals surface area contributed by atoms with Crippen LogP contribution in [0.4, 0.5) is 0 Å². The van der Waals surface area contributed by atoms with Gasteiger partial charge in [0.25, 0.3) is 0 Å². The molecule has 0 N–H and O–H groups in total. The number of benzene rings is 1. The van der Waals surface area contributed by atoms with E-state index in [0.29, 0.717) is 5.56 Å². The van der Waals surface area contributed by atoms with Crippen LogP contribution in [-0.2, 0) is 0 Å². The number of aryl methyl sites for hydroxylation is 1. The molecule has 0 amide bonds. The normalized spacial score (nSPS) is 15.5. The van der Waals surface area contributed by atoms with Crippen molar-refractivity contribution in [3.05, 3.63) is 29.3 Å². The van der Waals surface area contributed by atoms with Crippen LogP contribution in [0.15, 0.2) is 18.2 Å². The Kier molecular flexibility index (Phi) is 2.91. The standard InChI is InChI=1S/C13H15NO/c1-10-5-12(8-14)7-13(6-10)15-9-11-3-2-4-11/h5-7,11H,2-4,9H2,1H3. The van der Waals surface area contributed by atoms with E-state index in [0.717, 1.165) is 23.8 Å². The summed E-state index contributed by atoms with van der Waals surface area (Å²) >= 11 is 0. The molecule has 15 heavy (non-hydrogen) atoms. The zero-order valence-electron chi connectivity index (χ0n) is 8.99. The first-order valence-electron chi connectivity index (χ1n) is 5.42. The van der Waals surface area contributed by atoms with E-state index in [-0.39, 0.29) is 0 Å². The summed E-state index contributed by atoms with van der Waals surface area (Å²) < 4.78 is 5.68. The van der Waals surface area contributed by atoms with Gasteiger partial charge in [-0.05, 0) is 49.4 Å². The van der Waals surface area contributed by atoms with Crippen LogP contribution in [0.25, 0.3) is 0 Å². The molecule has 0 radical (unpaired) electrons. The first kappa shape index (κ1) is 10.0. The second kappa shape index (κ2) is 4.35. The molecule has 0 saturated heterocycles. The molecule has 0 spiro atoms. The van der Waals surface area contributed by atoms with Gasteiger partial charge in [-0.2, -0.15) is 5.26 Å². The molecular weight excluding hydrogens is 186 g/mol. The highest BCUT2D eigenvalue weighted by atomic mass is 16.5. The van der Waals surface area contributed by atoms with Gasteiger partial charge in [0, 0.05) is 0 Å². The maximum absolute atomic E-state index is 8.82. The van der Waals surface area contributed by atoms with Gasteiger partial charge in [0.2, 0.25) is 0 Å². The van der Waals surface area contributed by atoms with Crippen LogP contribution in [0.2, 0.25) is 0 Å². The first-order chi connectivity index (χ1) is 7.28. The summed E-state index contributed by atoms with van der Waals surface area (Å²) in [5, 5.41) is 8.82. The third kappa shape index (κ3) is 2.50. The van der Waals surface area contributed by atoms with Gasteiger partial charge >= 0.3 is 0 Å². The SMILES string of the molecule is Cc1cc(C#N)cc(OCC2CCC2)c1. The van der Waals surface area contributed by atoms with Gasteiger partial charge in [-0.3, -0.25) is 0 Å². The summed E-state index contributed by atoms with van der Waals surface area (Å²) in [5.74, 6) is 1.56. The Balaban J connectivity index is 2.00. The zero-order valence-corrected chi connectivity index (χ0v) is 8.99. The molecule has 1 aliphatic rings. The lowest BCUT2D eigenvalue weighted by Gasteiger charge is -2.25. The van der Waals surface area contributed by atoms with Crippen molar-refractivity contribution in [2.75, 3.05) is 6.61 Å². The topological polar surface area (TPSA) is 33.0 Å².